The topological polar surface area (TPSA) is 52.7 Å². The molecule has 5 nitrogen and oxygen atoms in total. The van der Waals surface area contributed by atoms with Crippen molar-refractivity contribution in [3.05, 3.63) is 126 Å². The molecule has 5 heteroatoms. The molecule has 1 saturated heterocycles. The molecule has 3 heterocycles. The Bertz CT molecular complexity index is 1520. The highest BCUT2D eigenvalue weighted by molar-refractivity contribution is 6.14. The first-order valence-electron chi connectivity index (χ1n) is 12.3. The van der Waals surface area contributed by atoms with Crippen LogP contribution in [-0.2, 0) is 20.5 Å². The smallest absolute Gasteiger partial charge is 0.255 e. The highest BCUT2D eigenvalue weighted by atomic mass is 16.2. The van der Waals surface area contributed by atoms with Gasteiger partial charge in [-0.2, -0.15) is 0 Å². The van der Waals surface area contributed by atoms with Crippen LogP contribution in [0.3, 0.4) is 0 Å². The summed E-state index contributed by atoms with van der Waals surface area (Å²) in [5, 5.41) is 3.15. The molecule has 36 heavy (non-hydrogen) atoms. The number of carbonyl (C=O) groups excluding carboxylic acids is 2. The maximum atomic E-state index is 14.5. The molecule has 0 unspecified atom stereocenters. The van der Waals surface area contributed by atoms with E-state index in [4.69, 9.17) is 0 Å². The van der Waals surface area contributed by atoms with E-state index in [0.717, 1.165) is 33.8 Å². The van der Waals surface area contributed by atoms with Crippen LogP contribution >= 0.6 is 0 Å². The van der Waals surface area contributed by atoms with E-state index >= 15 is 0 Å². The van der Waals surface area contributed by atoms with Crippen molar-refractivity contribution in [2.75, 3.05) is 22.2 Å². The van der Waals surface area contributed by atoms with Crippen LogP contribution in [0.2, 0.25) is 0 Å². The van der Waals surface area contributed by atoms with Gasteiger partial charge in [0.25, 0.3) is 5.91 Å². The normalized spacial score (nSPS) is 26.0. The number of amides is 2. The molecule has 0 aromatic heterocycles. The third-order valence-electron chi connectivity index (χ3n) is 8.25. The van der Waals surface area contributed by atoms with Gasteiger partial charge in [-0.05, 0) is 35.4 Å². The number of rotatable bonds is 2. The predicted octanol–water partition coefficient (Wildman–Crippen LogP) is 5.40. The van der Waals surface area contributed by atoms with Crippen LogP contribution in [0.15, 0.2) is 109 Å². The molecule has 0 saturated carbocycles. The van der Waals surface area contributed by atoms with E-state index < -0.39 is 17.0 Å². The zero-order valence-corrected chi connectivity index (χ0v) is 19.9. The average molecular weight is 472 g/mol. The molecule has 2 spiro atoms. The number of para-hydroxylation sites is 3. The van der Waals surface area contributed by atoms with Gasteiger partial charge < -0.3 is 15.1 Å². The number of likely N-dealkylation sites (N-methyl/N-ethyl adjacent to an activating group) is 1. The summed E-state index contributed by atoms with van der Waals surface area (Å²) >= 11 is 0. The van der Waals surface area contributed by atoms with Gasteiger partial charge in [-0.3, -0.25) is 9.59 Å². The van der Waals surface area contributed by atoms with Crippen LogP contribution < -0.4 is 15.1 Å². The van der Waals surface area contributed by atoms with Crippen molar-refractivity contribution in [3.8, 4) is 0 Å². The van der Waals surface area contributed by atoms with Crippen molar-refractivity contribution in [2.45, 2.75) is 23.4 Å². The largest absolute Gasteiger partial charge is 0.345 e. The standard InChI is InChI=1S/C31H25N3O2/c1-33-26-19-11-9-17-24(26)30(29(33)36)20-31(23-16-8-10-18-25(23)32-28(31)35)34(22-14-6-3-7-15-22)27(30)21-12-4-2-5-13-21/h2-19,27H,20H2,1H3,(H,32,35)/t27-,30-,31-/m0/s1. The van der Waals surface area contributed by atoms with Crippen molar-refractivity contribution in [1.29, 1.82) is 0 Å². The maximum Gasteiger partial charge on any atom is 0.255 e. The SMILES string of the molecule is CN1C(=O)[C@@]2(C[C@]3(C(=O)Nc4ccccc43)N(c3ccccc3)[C@H]2c2ccccc2)c2ccccc21. The van der Waals surface area contributed by atoms with Gasteiger partial charge in [-0.1, -0.05) is 84.9 Å². The lowest BCUT2D eigenvalue weighted by atomic mass is 9.69. The second-order valence-electron chi connectivity index (χ2n) is 9.91. The summed E-state index contributed by atoms with van der Waals surface area (Å²) in [6.45, 7) is 0. The molecule has 3 aliphatic rings. The zero-order valence-electron chi connectivity index (χ0n) is 19.9. The molecular formula is C31H25N3O2. The summed E-state index contributed by atoms with van der Waals surface area (Å²) in [6.07, 6.45) is 0.345. The number of anilines is 3. The van der Waals surface area contributed by atoms with E-state index in [0.29, 0.717) is 6.42 Å². The maximum absolute atomic E-state index is 14.5. The van der Waals surface area contributed by atoms with Gasteiger partial charge in [0.2, 0.25) is 5.91 Å². The van der Waals surface area contributed by atoms with Gasteiger partial charge in [-0.15, -0.1) is 0 Å². The summed E-state index contributed by atoms with van der Waals surface area (Å²) < 4.78 is 0. The number of carbonyl (C=O) groups is 2. The number of hydrogen-bond donors (Lipinski definition) is 1. The van der Waals surface area contributed by atoms with E-state index in [1.54, 1.807) is 4.90 Å². The van der Waals surface area contributed by atoms with Crippen molar-refractivity contribution in [1.82, 2.24) is 0 Å². The van der Waals surface area contributed by atoms with Gasteiger partial charge in [0, 0.05) is 36.1 Å². The Morgan fingerprint density at radius 2 is 1.36 bits per heavy atom. The Hall–Kier alpha value is -4.38. The number of nitrogens with zero attached hydrogens (tertiary/aromatic N) is 2. The molecule has 1 fully saturated rings. The molecule has 176 valence electrons. The molecule has 3 aliphatic heterocycles. The minimum absolute atomic E-state index is 0.0209. The summed E-state index contributed by atoms with van der Waals surface area (Å²) in [6, 6.07) is 35.7. The Morgan fingerprint density at radius 3 is 2.11 bits per heavy atom. The Morgan fingerprint density at radius 1 is 0.750 bits per heavy atom. The molecule has 2 amide bonds. The van der Waals surface area contributed by atoms with Crippen molar-refractivity contribution >= 4 is 28.9 Å². The third-order valence-corrected chi connectivity index (χ3v) is 8.25. The molecule has 3 atom stereocenters. The first-order chi connectivity index (χ1) is 17.6. The zero-order chi connectivity index (χ0) is 24.5. The molecule has 0 bridgehead atoms. The monoisotopic (exact) mass is 471 g/mol. The Kier molecular flexibility index (Phi) is 4.25. The summed E-state index contributed by atoms with van der Waals surface area (Å²) in [5.41, 5.74) is 3.52. The second-order valence-corrected chi connectivity index (χ2v) is 9.91. The quantitative estimate of drug-likeness (QED) is 0.426. The van der Waals surface area contributed by atoms with Crippen molar-refractivity contribution in [2.24, 2.45) is 0 Å². The second kappa shape index (κ2) is 7.31. The first-order valence-corrected chi connectivity index (χ1v) is 12.3. The summed E-state index contributed by atoms with van der Waals surface area (Å²) in [7, 11) is 1.85. The predicted molar refractivity (Wildman–Crippen MR) is 141 cm³/mol. The Balaban J connectivity index is 1.61. The lowest BCUT2D eigenvalue weighted by molar-refractivity contribution is -0.124. The van der Waals surface area contributed by atoms with Crippen LogP contribution in [-0.4, -0.2) is 18.9 Å². The lowest BCUT2D eigenvalue weighted by Gasteiger charge is -2.40. The first kappa shape index (κ1) is 20.9. The minimum Gasteiger partial charge on any atom is -0.345 e. The number of fused-ring (bicyclic) bond motifs is 4. The summed E-state index contributed by atoms with van der Waals surface area (Å²) in [4.78, 5) is 32.6. The number of nitrogens with one attached hydrogen (secondary N) is 1. The fraction of sp³-hybridized carbons (Fsp3) is 0.161. The van der Waals surface area contributed by atoms with Crippen LogP contribution in [0.5, 0.6) is 0 Å². The van der Waals surface area contributed by atoms with Crippen molar-refractivity contribution in [3.63, 3.8) is 0 Å². The fourth-order valence-electron chi connectivity index (χ4n) is 6.87. The van der Waals surface area contributed by atoms with Gasteiger partial charge in [-0.25, -0.2) is 0 Å². The lowest BCUT2D eigenvalue weighted by Crippen LogP contribution is -2.48. The van der Waals surface area contributed by atoms with E-state index in [9.17, 15) is 9.59 Å². The molecule has 0 radical (unpaired) electrons. The van der Waals surface area contributed by atoms with Crippen LogP contribution in [0.4, 0.5) is 17.1 Å². The summed E-state index contributed by atoms with van der Waals surface area (Å²) in [5.74, 6) is -0.0715. The van der Waals surface area contributed by atoms with E-state index in [1.165, 1.54) is 0 Å². The molecule has 4 aromatic rings. The van der Waals surface area contributed by atoms with Crippen molar-refractivity contribution < 1.29 is 9.59 Å². The molecular weight excluding hydrogens is 446 g/mol. The van der Waals surface area contributed by atoms with E-state index in [-0.39, 0.29) is 11.8 Å². The molecule has 7 rings (SSSR count). The average Bonchev–Trinajstić information content (AvgIpc) is 3.48. The van der Waals surface area contributed by atoms with E-state index in [2.05, 4.69) is 28.4 Å². The number of hydrogen-bond acceptors (Lipinski definition) is 3. The molecule has 1 N–H and O–H groups in total. The highest BCUT2D eigenvalue weighted by Crippen LogP contribution is 2.66. The van der Waals surface area contributed by atoms with Crippen LogP contribution in [0.1, 0.15) is 29.2 Å². The van der Waals surface area contributed by atoms with Crippen LogP contribution in [0, 0.1) is 0 Å². The van der Waals surface area contributed by atoms with E-state index in [1.807, 2.05) is 98.0 Å². The third kappa shape index (κ3) is 2.44. The van der Waals surface area contributed by atoms with Gasteiger partial charge in [0.05, 0.1) is 6.04 Å². The minimum atomic E-state index is -1.05. The Labute approximate surface area is 210 Å². The highest BCUT2D eigenvalue weighted by Gasteiger charge is 2.71. The van der Waals surface area contributed by atoms with Gasteiger partial charge >= 0.3 is 0 Å². The van der Waals surface area contributed by atoms with Gasteiger partial charge in [0.15, 0.2) is 0 Å². The fourth-order valence-corrected chi connectivity index (χ4v) is 6.87. The van der Waals surface area contributed by atoms with Gasteiger partial charge in [0.1, 0.15) is 11.0 Å². The van der Waals surface area contributed by atoms with Crippen LogP contribution in [0.25, 0.3) is 0 Å². The molecule has 0 aliphatic carbocycles. The molecule has 4 aromatic carbocycles. The number of benzene rings is 4.